The molecule has 0 N–H and O–H groups in total. The maximum atomic E-state index is 12.5. The van der Waals surface area contributed by atoms with Crippen molar-refractivity contribution in [1.82, 2.24) is 4.67 Å². The molecule has 0 aliphatic heterocycles. The molecule has 0 radical (unpaired) electrons. The molecule has 1 aromatic rings. The van der Waals surface area contributed by atoms with E-state index in [9.17, 15) is 4.57 Å². The van der Waals surface area contributed by atoms with Gasteiger partial charge in [0.1, 0.15) is 0 Å². The van der Waals surface area contributed by atoms with E-state index >= 15 is 0 Å². The minimum Gasteiger partial charge on any atom is -0.0960 e. The van der Waals surface area contributed by atoms with Crippen LogP contribution in [0.3, 0.4) is 0 Å². The van der Waals surface area contributed by atoms with Crippen LogP contribution in [0.2, 0.25) is 0 Å². The molecular weight excluding hydrogens is 241 g/mol. The number of hydrogen-bond donors (Lipinski definition) is 0. The standard InChI is InChI=1S/C15H25NOP/c1-13(2)10-16(11-14(3)4)18(17)12-15-8-6-5-7-9-15/h5-9,13-14H,10-12H2,1-4H3/q+1. The van der Waals surface area contributed by atoms with Gasteiger partial charge in [-0.05, 0) is 16.4 Å². The summed E-state index contributed by atoms with van der Waals surface area (Å²) in [4.78, 5) is 0. The van der Waals surface area contributed by atoms with Gasteiger partial charge in [0.15, 0.2) is 6.16 Å². The highest BCUT2D eigenvalue weighted by molar-refractivity contribution is 7.41. The van der Waals surface area contributed by atoms with Crippen molar-refractivity contribution in [3.8, 4) is 0 Å². The van der Waals surface area contributed by atoms with Crippen molar-refractivity contribution in [1.29, 1.82) is 0 Å². The van der Waals surface area contributed by atoms with Crippen LogP contribution in [0.4, 0.5) is 0 Å². The zero-order valence-electron chi connectivity index (χ0n) is 12.0. The Morgan fingerprint density at radius 3 is 1.94 bits per heavy atom. The number of nitrogens with zero attached hydrogens (tertiary/aromatic N) is 1. The summed E-state index contributed by atoms with van der Waals surface area (Å²) in [5.74, 6) is 1.11. The maximum Gasteiger partial charge on any atom is 0.439 e. The molecule has 0 saturated heterocycles. The molecule has 0 aliphatic rings. The van der Waals surface area contributed by atoms with Crippen LogP contribution in [0.15, 0.2) is 30.3 Å². The highest BCUT2D eigenvalue weighted by Gasteiger charge is 2.28. The Bertz CT molecular complexity index is 352. The quantitative estimate of drug-likeness (QED) is 0.675. The largest absolute Gasteiger partial charge is 0.439 e. The second-order valence-corrected chi connectivity index (χ2v) is 7.24. The summed E-state index contributed by atoms with van der Waals surface area (Å²) < 4.78 is 14.6. The predicted molar refractivity (Wildman–Crippen MR) is 79.0 cm³/mol. The third kappa shape index (κ3) is 5.75. The van der Waals surface area contributed by atoms with E-state index < -0.39 is 7.95 Å². The molecule has 3 heteroatoms. The van der Waals surface area contributed by atoms with Gasteiger partial charge in [-0.2, -0.15) is 0 Å². The van der Waals surface area contributed by atoms with Gasteiger partial charge < -0.3 is 0 Å². The molecule has 0 aromatic heterocycles. The van der Waals surface area contributed by atoms with E-state index in [2.05, 4.69) is 44.5 Å². The molecule has 1 aromatic carbocycles. The lowest BCUT2D eigenvalue weighted by Crippen LogP contribution is -2.25. The van der Waals surface area contributed by atoms with Gasteiger partial charge in [-0.1, -0.05) is 62.7 Å². The molecule has 0 aliphatic carbocycles. The zero-order chi connectivity index (χ0) is 13.5. The fourth-order valence-electron chi connectivity index (χ4n) is 1.94. The first kappa shape index (κ1) is 15.3. The van der Waals surface area contributed by atoms with Crippen LogP contribution in [0.5, 0.6) is 0 Å². The molecule has 0 fully saturated rings. The topological polar surface area (TPSA) is 20.3 Å². The molecule has 0 heterocycles. The van der Waals surface area contributed by atoms with Gasteiger partial charge in [-0.3, -0.25) is 0 Å². The van der Waals surface area contributed by atoms with Gasteiger partial charge in [0.05, 0.1) is 0 Å². The molecule has 0 bridgehead atoms. The summed E-state index contributed by atoms with van der Waals surface area (Å²) in [6, 6.07) is 10.1. The molecular formula is C15H25NOP+. The molecule has 0 amide bonds. The van der Waals surface area contributed by atoms with Crippen molar-refractivity contribution in [2.24, 2.45) is 11.8 Å². The van der Waals surface area contributed by atoms with Crippen LogP contribution < -0.4 is 0 Å². The lowest BCUT2D eigenvalue weighted by Gasteiger charge is -2.15. The first-order valence-electron chi connectivity index (χ1n) is 6.72. The van der Waals surface area contributed by atoms with Crippen molar-refractivity contribution in [3.63, 3.8) is 0 Å². The van der Waals surface area contributed by atoms with E-state index in [0.717, 1.165) is 18.7 Å². The van der Waals surface area contributed by atoms with Gasteiger partial charge in [-0.25, -0.2) is 0 Å². The minimum absolute atomic E-state index is 0.554. The Morgan fingerprint density at radius 1 is 1.00 bits per heavy atom. The van der Waals surface area contributed by atoms with Crippen LogP contribution in [-0.4, -0.2) is 17.8 Å². The highest BCUT2D eigenvalue weighted by Crippen LogP contribution is 2.33. The molecule has 18 heavy (non-hydrogen) atoms. The van der Waals surface area contributed by atoms with Crippen LogP contribution in [-0.2, 0) is 10.7 Å². The van der Waals surface area contributed by atoms with Crippen molar-refractivity contribution >= 4 is 7.95 Å². The first-order chi connectivity index (χ1) is 8.49. The highest BCUT2D eigenvalue weighted by atomic mass is 31.1. The SMILES string of the molecule is CC(C)CN(CC(C)C)[P+](=O)Cc1ccccc1. The Morgan fingerprint density at radius 2 is 1.50 bits per heavy atom. The normalized spacial score (nSPS) is 12.5. The third-order valence-electron chi connectivity index (χ3n) is 2.63. The molecule has 0 spiro atoms. The maximum absolute atomic E-state index is 12.5. The van der Waals surface area contributed by atoms with E-state index in [0.29, 0.717) is 18.0 Å². The Hall–Kier alpha value is -0.720. The molecule has 1 atom stereocenters. The number of rotatable bonds is 7. The van der Waals surface area contributed by atoms with Gasteiger partial charge in [-0.15, -0.1) is 0 Å². The average molecular weight is 266 g/mol. The Labute approximate surface area is 112 Å². The van der Waals surface area contributed by atoms with E-state index in [-0.39, 0.29) is 0 Å². The summed E-state index contributed by atoms with van der Waals surface area (Å²) in [6.07, 6.45) is 0.662. The number of hydrogen-bond acceptors (Lipinski definition) is 1. The molecule has 1 unspecified atom stereocenters. The summed E-state index contributed by atoms with van der Waals surface area (Å²) in [6.45, 7) is 10.6. The molecule has 1 rings (SSSR count). The monoisotopic (exact) mass is 266 g/mol. The molecule has 100 valence electrons. The minimum atomic E-state index is -1.30. The predicted octanol–water partition coefficient (Wildman–Crippen LogP) is 4.54. The van der Waals surface area contributed by atoms with Crippen LogP contribution in [0.1, 0.15) is 33.3 Å². The van der Waals surface area contributed by atoms with Crippen molar-refractivity contribution in [2.45, 2.75) is 33.9 Å². The fraction of sp³-hybridized carbons (Fsp3) is 0.600. The van der Waals surface area contributed by atoms with Gasteiger partial charge in [0.25, 0.3) is 0 Å². The Kier molecular flexibility index (Phi) is 6.52. The lowest BCUT2D eigenvalue weighted by atomic mass is 10.2. The number of benzene rings is 1. The lowest BCUT2D eigenvalue weighted by molar-refractivity contribution is 0.340. The van der Waals surface area contributed by atoms with E-state index in [1.54, 1.807) is 0 Å². The summed E-state index contributed by atoms with van der Waals surface area (Å²) in [5.41, 5.74) is 1.16. The van der Waals surface area contributed by atoms with Crippen molar-refractivity contribution in [2.75, 3.05) is 13.1 Å². The van der Waals surface area contributed by atoms with Crippen LogP contribution in [0, 0.1) is 11.8 Å². The first-order valence-corrected chi connectivity index (χ1v) is 8.12. The van der Waals surface area contributed by atoms with E-state index in [4.69, 9.17) is 0 Å². The van der Waals surface area contributed by atoms with Gasteiger partial charge in [0.2, 0.25) is 0 Å². The van der Waals surface area contributed by atoms with Crippen molar-refractivity contribution in [3.05, 3.63) is 35.9 Å². The van der Waals surface area contributed by atoms with E-state index in [1.165, 1.54) is 0 Å². The smallest absolute Gasteiger partial charge is 0.0960 e. The summed E-state index contributed by atoms with van der Waals surface area (Å²) in [5, 5.41) is 0. The second-order valence-electron chi connectivity index (χ2n) is 5.66. The third-order valence-corrected chi connectivity index (χ3v) is 4.22. The van der Waals surface area contributed by atoms with Gasteiger partial charge in [0, 0.05) is 18.7 Å². The van der Waals surface area contributed by atoms with Gasteiger partial charge >= 0.3 is 7.95 Å². The summed E-state index contributed by atoms with van der Waals surface area (Å²) >= 11 is 0. The summed E-state index contributed by atoms with van der Waals surface area (Å²) in [7, 11) is -1.30. The zero-order valence-corrected chi connectivity index (χ0v) is 12.9. The van der Waals surface area contributed by atoms with Crippen molar-refractivity contribution < 1.29 is 4.57 Å². The molecule has 2 nitrogen and oxygen atoms in total. The molecule has 0 saturated carbocycles. The van der Waals surface area contributed by atoms with E-state index in [1.807, 2.05) is 18.2 Å². The van der Waals surface area contributed by atoms with Crippen LogP contribution >= 0.6 is 7.95 Å². The Balaban J connectivity index is 2.64. The fourth-order valence-corrected chi connectivity index (χ4v) is 3.68. The van der Waals surface area contributed by atoms with Crippen LogP contribution in [0.25, 0.3) is 0 Å². The average Bonchev–Trinajstić information content (AvgIpc) is 2.28. The second kappa shape index (κ2) is 7.66.